The molecular formula is C20H22ClN5O. The van der Waals surface area contributed by atoms with Crippen molar-refractivity contribution in [1.29, 1.82) is 0 Å². The second-order valence-electron chi connectivity index (χ2n) is 6.45. The van der Waals surface area contributed by atoms with Gasteiger partial charge in [-0.3, -0.25) is 4.79 Å². The van der Waals surface area contributed by atoms with Gasteiger partial charge in [-0.1, -0.05) is 30.3 Å². The number of aromatic amines is 1. The molecule has 2 aromatic heterocycles. The summed E-state index contributed by atoms with van der Waals surface area (Å²) >= 11 is 0. The lowest BCUT2D eigenvalue weighted by molar-refractivity contribution is -0.118. The van der Waals surface area contributed by atoms with Gasteiger partial charge in [0.1, 0.15) is 5.65 Å². The van der Waals surface area contributed by atoms with Gasteiger partial charge in [0.15, 0.2) is 0 Å². The van der Waals surface area contributed by atoms with Crippen molar-refractivity contribution in [2.45, 2.75) is 12.5 Å². The fourth-order valence-electron chi connectivity index (χ4n) is 3.29. The van der Waals surface area contributed by atoms with Crippen LogP contribution in [-0.4, -0.2) is 35.0 Å². The van der Waals surface area contributed by atoms with Gasteiger partial charge in [-0.25, -0.2) is 4.98 Å². The number of pyridine rings is 1. The fraction of sp³-hybridized carbons (Fsp3) is 0.200. The standard InChI is InChI=1S/C20H21N5O.ClH/c21-10-16(8-13-4-2-1-3-5-13)25-20(26)15-9-14-11-24-19-18(14)17(23-12-15)6-7-22-19;/h1-7,9,11,16,23H,8,10,12,21H2,(H,22,24)(H,25,26);1H/t16-;/m0./s1. The molecular weight excluding hydrogens is 362 g/mol. The average Bonchev–Trinajstić information content (AvgIpc) is 2.98. The fourth-order valence-corrected chi connectivity index (χ4v) is 3.29. The number of halogens is 1. The van der Waals surface area contributed by atoms with Crippen LogP contribution >= 0.6 is 12.4 Å². The van der Waals surface area contributed by atoms with Crippen LogP contribution in [0.3, 0.4) is 0 Å². The molecule has 3 heterocycles. The topological polar surface area (TPSA) is 95.8 Å². The molecule has 27 heavy (non-hydrogen) atoms. The molecule has 0 saturated carbocycles. The van der Waals surface area contributed by atoms with Crippen LogP contribution in [0.4, 0.5) is 5.69 Å². The number of hydrogen-bond donors (Lipinski definition) is 4. The number of nitrogens with one attached hydrogen (secondary N) is 3. The van der Waals surface area contributed by atoms with E-state index in [-0.39, 0.29) is 24.4 Å². The molecule has 0 aliphatic carbocycles. The number of rotatable bonds is 5. The van der Waals surface area contributed by atoms with Crippen LogP contribution in [0.15, 0.2) is 54.4 Å². The third-order valence-corrected chi connectivity index (χ3v) is 4.64. The zero-order chi connectivity index (χ0) is 17.9. The second-order valence-corrected chi connectivity index (χ2v) is 6.45. The molecule has 1 amide bonds. The molecule has 0 radical (unpaired) electrons. The molecule has 6 nitrogen and oxygen atoms in total. The number of anilines is 1. The Labute approximate surface area is 163 Å². The van der Waals surface area contributed by atoms with Gasteiger partial charge in [0.2, 0.25) is 5.91 Å². The number of carbonyl (C=O) groups excluding carboxylic acids is 1. The van der Waals surface area contributed by atoms with E-state index in [4.69, 9.17) is 5.73 Å². The Morgan fingerprint density at radius 2 is 2.07 bits per heavy atom. The first-order valence-corrected chi connectivity index (χ1v) is 8.70. The predicted molar refractivity (Wildman–Crippen MR) is 111 cm³/mol. The van der Waals surface area contributed by atoms with E-state index in [1.165, 1.54) is 0 Å². The highest BCUT2D eigenvalue weighted by molar-refractivity contribution is 6.05. The molecule has 3 aromatic rings. The number of amides is 1. The molecule has 0 bridgehead atoms. The highest BCUT2D eigenvalue weighted by atomic mass is 35.5. The molecule has 0 fully saturated rings. The van der Waals surface area contributed by atoms with Gasteiger partial charge >= 0.3 is 0 Å². The SMILES string of the molecule is Cl.NC[C@H](Cc1ccccc1)NC(=O)C1=Cc2c[nH]c3nccc(c23)NC1. The first kappa shape index (κ1) is 18.9. The van der Waals surface area contributed by atoms with E-state index in [2.05, 4.69) is 20.6 Å². The maximum Gasteiger partial charge on any atom is 0.249 e. The second kappa shape index (κ2) is 8.24. The molecule has 1 aliphatic rings. The summed E-state index contributed by atoms with van der Waals surface area (Å²) in [6.45, 7) is 0.849. The van der Waals surface area contributed by atoms with Crippen LogP contribution in [0.25, 0.3) is 17.1 Å². The first-order valence-electron chi connectivity index (χ1n) is 8.70. The summed E-state index contributed by atoms with van der Waals surface area (Å²) in [6, 6.07) is 11.9. The van der Waals surface area contributed by atoms with Crippen molar-refractivity contribution < 1.29 is 4.79 Å². The molecule has 5 N–H and O–H groups in total. The normalized spacial score (nSPS) is 13.7. The summed E-state index contributed by atoms with van der Waals surface area (Å²) in [4.78, 5) is 20.3. The highest BCUT2D eigenvalue weighted by Gasteiger charge is 2.19. The third-order valence-electron chi connectivity index (χ3n) is 4.64. The molecule has 7 heteroatoms. The van der Waals surface area contributed by atoms with Crippen LogP contribution in [0.5, 0.6) is 0 Å². The molecule has 1 aromatic carbocycles. The molecule has 0 spiro atoms. The monoisotopic (exact) mass is 383 g/mol. The Kier molecular flexibility index (Phi) is 5.78. The number of benzene rings is 1. The molecule has 140 valence electrons. The number of carbonyl (C=O) groups is 1. The maximum atomic E-state index is 12.8. The summed E-state index contributed by atoms with van der Waals surface area (Å²) in [5, 5.41) is 7.40. The minimum atomic E-state index is -0.107. The summed E-state index contributed by atoms with van der Waals surface area (Å²) in [5.74, 6) is -0.0982. The van der Waals surface area contributed by atoms with Crippen molar-refractivity contribution in [3.05, 3.63) is 65.5 Å². The number of aromatic nitrogens is 2. The van der Waals surface area contributed by atoms with Gasteiger partial charge in [-0.05, 0) is 24.1 Å². The lowest BCUT2D eigenvalue weighted by atomic mass is 10.1. The van der Waals surface area contributed by atoms with Crippen LogP contribution in [-0.2, 0) is 11.2 Å². The van der Waals surface area contributed by atoms with E-state index >= 15 is 0 Å². The largest absolute Gasteiger partial charge is 0.380 e. The Balaban J connectivity index is 0.00000210. The zero-order valence-electron chi connectivity index (χ0n) is 14.7. The number of H-pyrrole nitrogens is 1. The average molecular weight is 384 g/mol. The van der Waals surface area contributed by atoms with Crippen molar-refractivity contribution in [2.75, 3.05) is 18.4 Å². The van der Waals surface area contributed by atoms with E-state index in [1.807, 2.05) is 48.7 Å². The number of hydrogen-bond acceptors (Lipinski definition) is 4. The lowest BCUT2D eigenvalue weighted by Gasteiger charge is -2.18. The van der Waals surface area contributed by atoms with Gasteiger partial charge in [0, 0.05) is 53.7 Å². The predicted octanol–water partition coefficient (Wildman–Crippen LogP) is 2.48. The minimum Gasteiger partial charge on any atom is -0.380 e. The molecule has 1 aliphatic heterocycles. The molecule has 4 rings (SSSR count). The van der Waals surface area contributed by atoms with Gasteiger partial charge in [0.25, 0.3) is 0 Å². The van der Waals surface area contributed by atoms with Crippen molar-refractivity contribution in [3.8, 4) is 0 Å². The van der Waals surface area contributed by atoms with E-state index in [0.717, 1.165) is 27.8 Å². The number of nitrogens with zero attached hydrogens (tertiary/aromatic N) is 1. The summed E-state index contributed by atoms with van der Waals surface area (Å²) in [7, 11) is 0. The lowest BCUT2D eigenvalue weighted by Crippen LogP contribution is -2.43. The molecule has 0 saturated heterocycles. The zero-order valence-corrected chi connectivity index (χ0v) is 15.6. The maximum absolute atomic E-state index is 12.8. The minimum absolute atomic E-state index is 0. The van der Waals surface area contributed by atoms with Crippen molar-refractivity contribution >= 4 is 41.1 Å². The third kappa shape index (κ3) is 3.97. The first-order chi connectivity index (χ1) is 12.7. The van der Waals surface area contributed by atoms with Crippen LogP contribution in [0.1, 0.15) is 11.1 Å². The summed E-state index contributed by atoms with van der Waals surface area (Å²) in [5.41, 5.74) is 10.5. The van der Waals surface area contributed by atoms with Crippen molar-refractivity contribution in [1.82, 2.24) is 15.3 Å². The summed E-state index contributed by atoms with van der Waals surface area (Å²) < 4.78 is 0. The van der Waals surface area contributed by atoms with E-state index in [1.54, 1.807) is 6.20 Å². The van der Waals surface area contributed by atoms with Crippen LogP contribution in [0.2, 0.25) is 0 Å². The Morgan fingerprint density at radius 3 is 2.85 bits per heavy atom. The van der Waals surface area contributed by atoms with Crippen LogP contribution < -0.4 is 16.4 Å². The van der Waals surface area contributed by atoms with Crippen LogP contribution in [0, 0.1) is 0 Å². The Bertz CT molecular complexity index is 967. The van der Waals surface area contributed by atoms with Crippen molar-refractivity contribution in [3.63, 3.8) is 0 Å². The highest BCUT2D eigenvalue weighted by Crippen LogP contribution is 2.29. The number of nitrogens with two attached hydrogens (primary N) is 1. The van der Waals surface area contributed by atoms with E-state index in [9.17, 15) is 4.79 Å². The summed E-state index contributed by atoms with van der Waals surface area (Å²) in [6.07, 6.45) is 6.25. The Hall–Kier alpha value is -2.83. The van der Waals surface area contributed by atoms with E-state index < -0.39 is 0 Å². The van der Waals surface area contributed by atoms with Gasteiger partial charge in [-0.15, -0.1) is 12.4 Å². The van der Waals surface area contributed by atoms with Gasteiger partial charge < -0.3 is 21.4 Å². The molecule has 0 unspecified atom stereocenters. The van der Waals surface area contributed by atoms with E-state index in [0.29, 0.717) is 25.1 Å². The van der Waals surface area contributed by atoms with Gasteiger partial charge in [0.05, 0.1) is 0 Å². The smallest absolute Gasteiger partial charge is 0.249 e. The van der Waals surface area contributed by atoms with Gasteiger partial charge in [-0.2, -0.15) is 0 Å². The quantitative estimate of drug-likeness (QED) is 0.544. The molecule has 1 atom stereocenters. The Morgan fingerprint density at radius 1 is 1.26 bits per heavy atom. The van der Waals surface area contributed by atoms with Crippen molar-refractivity contribution in [2.24, 2.45) is 5.73 Å².